The highest BCUT2D eigenvalue weighted by atomic mass is 19.1. The van der Waals surface area contributed by atoms with Gasteiger partial charge in [-0.2, -0.15) is 0 Å². The molecule has 0 amide bonds. The number of methoxy groups -OCH3 is 1. The first-order valence-corrected chi connectivity index (χ1v) is 5.05. The monoisotopic (exact) mass is 236 g/mol. The van der Waals surface area contributed by atoms with E-state index in [1.54, 1.807) is 6.07 Å². The van der Waals surface area contributed by atoms with E-state index in [1.807, 2.05) is 0 Å². The van der Waals surface area contributed by atoms with Crippen LogP contribution in [0.2, 0.25) is 0 Å². The number of ether oxygens (including phenoxy) is 1. The minimum Gasteiger partial charge on any atom is -0.469 e. The largest absolute Gasteiger partial charge is 0.469 e. The van der Waals surface area contributed by atoms with E-state index in [-0.39, 0.29) is 12.0 Å². The highest BCUT2D eigenvalue weighted by Crippen LogP contribution is 2.22. The van der Waals surface area contributed by atoms with Crippen molar-refractivity contribution in [2.24, 2.45) is 0 Å². The lowest BCUT2D eigenvalue weighted by atomic mass is 10.0. The number of fused-ring (bicyclic) bond motifs is 1. The lowest BCUT2D eigenvalue weighted by Crippen LogP contribution is -2.06. The second-order valence-electron chi connectivity index (χ2n) is 3.66. The van der Waals surface area contributed by atoms with Crippen LogP contribution in [-0.4, -0.2) is 13.1 Å². The van der Waals surface area contributed by atoms with Crippen molar-refractivity contribution in [2.45, 2.75) is 6.42 Å². The molecular formula is C13H10F2O2. The number of carbonyl (C=O) groups is 1. The molecule has 0 atom stereocenters. The van der Waals surface area contributed by atoms with Gasteiger partial charge in [0.1, 0.15) is 11.6 Å². The van der Waals surface area contributed by atoms with Crippen LogP contribution in [0.25, 0.3) is 10.8 Å². The fourth-order valence-electron chi connectivity index (χ4n) is 1.67. The van der Waals surface area contributed by atoms with Gasteiger partial charge in [-0.05, 0) is 29.1 Å². The highest BCUT2D eigenvalue weighted by Gasteiger charge is 2.11. The fourth-order valence-corrected chi connectivity index (χ4v) is 1.67. The third kappa shape index (κ3) is 2.25. The molecule has 0 saturated heterocycles. The summed E-state index contributed by atoms with van der Waals surface area (Å²) in [5.41, 5.74) is 0.246. The number of benzene rings is 2. The molecule has 0 aromatic heterocycles. The first kappa shape index (κ1) is 11.5. The summed E-state index contributed by atoms with van der Waals surface area (Å²) in [6.07, 6.45) is -0.129. The van der Waals surface area contributed by atoms with Crippen LogP contribution in [0.3, 0.4) is 0 Å². The minimum absolute atomic E-state index is 0.129. The number of rotatable bonds is 2. The zero-order valence-corrected chi connectivity index (χ0v) is 9.17. The standard InChI is InChI=1S/C13H10F2O2/c1-17-12(16)7-9-3-2-8-6-10(14)4-5-11(8)13(9)15/h2-6H,7H2,1H3. The van der Waals surface area contributed by atoms with E-state index in [0.717, 1.165) is 0 Å². The maximum absolute atomic E-state index is 14.0. The molecule has 2 rings (SSSR count). The summed E-state index contributed by atoms with van der Waals surface area (Å²) in [5.74, 6) is -1.43. The molecule has 88 valence electrons. The van der Waals surface area contributed by atoms with E-state index >= 15 is 0 Å². The Balaban J connectivity index is 2.50. The molecule has 2 aromatic carbocycles. The SMILES string of the molecule is COC(=O)Cc1ccc2cc(F)ccc2c1F. The maximum atomic E-state index is 14.0. The Hall–Kier alpha value is -1.97. The maximum Gasteiger partial charge on any atom is 0.310 e. The van der Waals surface area contributed by atoms with Gasteiger partial charge >= 0.3 is 5.97 Å². The molecule has 0 aliphatic heterocycles. The fraction of sp³-hybridized carbons (Fsp3) is 0.154. The predicted octanol–water partition coefficient (Wildman–Crippen LogP) is 2.83. The zero-order valence-electron chi connectivity index (χ0n) is 9.17. The lowest BCUT2D eigenvalue weighted by molar-refractivity contribution is -0.139. The summed E-state index contributed by atoms with van der Waals surface area (Å²) in [6.45, 7) is 0. The van der Waals surface area contributed by atoms with E-state index in [9.17, 15) is 13.6 Å². The predicted molar refractivity (Wildman–Crippen MR) is 59.6 cm³/mol. The van der Waals surface area contributed by atoms with Crippen LogP contribution in [0.15, 0.2) is 30.3 Å². The summed E-state index contributed by atoms with van der Waals surface area (Å²) in [7, 11) is 1.25. The van der Waals surface area contributed by atoms with Gasteiger partial charge in [0.05, 0.1) is 13.5 Å². The Morgan fingerprint density at radius 1 is 1.24 bits per heavy atom. The Kier molecular flexibility index (Phi) is 3.04. The summed E-state index contributed by atoms with van der Waals surface area (Å²) in [6, 6.07) is 6.85. The van der Waals surface area contributed by atoms with Crippen LogP contribution in [-0.2, 0) is 16.0 Å². The van der Waals surface area contributed by atoms with Gasteiger partial charge in [-0.25, -0.2) is 8.78 Å². The summed E-state index contributed by atoms with van der Waals surface area (Å²) >= 11 is 0. The Morgan fingerprint density at radius 3 is 2.71 bits per heavy atom. The molecule has 0 bridgehead atoms. The van der Waals surface area contributed by atoms with E-state index in [4.69, 9.17) is 0 Å². The molecule has 0 heterocycles. The number of halogens is 2. The molecule has 0 aliphatic rings. The molecule has 4 heteroatoms. The molecule has 0 fully saturated rings. The van der Waals surface area contributed by atoms with Crippen molar-refractivity contribution in [1.82, 2.24) is 0 Å². The van der Waals surface area contributed by atoms with Crippen LogP contribution in [0.4, 0.5) is 8.78 Å². The van der Waals surface area contributed by atoms with Gasteiger partial charge < -0.3 is 4.74 Å². The van der Waals surface area contributed by atoms with Crippen molar-refractivity contribution in [1.29, 1.82) is 0 Å². The Labute approximate surface area is 96.8 Å². The number of carbonyl (C=O) groups excluding carboxylic acids is 1. The number of esters is 1. The van der Waals surface area contributed by atoms with Crippen molar-refractivity contribution < 1.29 is 18.3 Å². The number of hydrogen-bond acceptors (Lipinski definition) is 2. The van der Waals surface area contributed by atoms with Gasteiger partial charge in [-0.3, -0.25) is 4.79 Å². The molecule has 2 nitrogen and oxygen atoms in total. The van der Waals surface area contributed by atoms with E-state index in [0.29, 0.717) is 10.8 Å². The number of hydrogen-bond donors (Lipinski definition) is 0. The topological polar surface area (TPSA) is 26.3 Å². The van der Waals surface area contributed by atoms with Gasteiger partial charge in [0.25, 0.3) is 0 Å². The molecular weight excluding hydrogens is 226 g/mol. The third-order valence-electron chi connectivity index (χ3n) is 2.56. The second kappa shape index (κ2) is 4.49. The average Bonchev–Trinajstić information content (AvgIpc) is 2.32. The lowest BCUT2D eigenvalue weighted by Gasteiger charge is -2.05. The quantitative estimate of drug-likeness (QED) is 0.749. The second-order valence-corrected chi connectivity index (χ2v) is 3.66. The Morgan fingerprint density at radius 2 is 2.00 bits per heavy atom. The van der Waals surface area contributed by atoms with Crippen LogP contribution >= 0.6 is 0 Å². The first-order valence-electron chi connectivity index (χ1n) is 5.05. The normalized spacial score (nSPS) is 10.5. The van der Waals surface area contributed by atoms with E-state index < -0.39 is 17.6 Å². The van der Waals surface area contributed by atoms with Crippen molar-refractivity contribution in [3.8, 4) is 0 Å². The van der Waals surface area contributed by atoms with Gasteiger partial charge in [-0.1, -0.05) is 12.1 Å². The smallest absolute Gasteiger partial charge is 0.310 e. The summed E-state index contributed by atoms with van der Waals surface area (Å²) in [4.78, 5) is 11.1. The zero-order chi connectivity index (χ0) is 12.4. The molecule has 0 N–H and O–H groups in total. The van der Waals surface area contributed by atoms with Crippen molar-refractivity contribution >= 4 is 16.7 Å². The third-order valence-corrected chi connectivity index (χ3v) is 2.56. The highest BCUT2D eigenvalue weighted by molar-refractivity contribution is 5.85. The van der Waals surface area contributed by atoms with E-state index in [1.165, 1.54) is 31.4 Å². The Bertz CT molecular complexity index is 579. The van der Waals surface area contributed by atoms with Crippen molar-refractivity contribution in [3.63, 3.8) is 0 Å². The van der Waals surface area contributed by atoms with Gasteiger partial charge in [0, 0.05) is 5.39 Å². The molecule has 2 aromatic rings. The minimum atomic E-state index is -0.509. The molecule has 0 radical (unpaired) electrons. The van der Waals surface area contributed by atoms with Crippen LogP contribution in [0, 0.1) is 11.6 Å². The summed E-state index contributed by atoms with van der Waals surface area (Å²) in [5, 5.41) is 0.768. The molecule has 0 spiro atoms. The molecule has 0 unspecified atom stereocenters. The van der Waals surface area contributed by atoms with E-state index in [2.05, 4.69) is 4.74 Å². The molecule has 17 heavy (non-hydrogen) atoms. The van der Waals surface area contributed by atoms with Gasteiger partial charge in [0.2, 0.25) is 0 Å². The average molecular weight is 236 g/mol. The van der Waals surface area contributed by atoms with Crippen LogP contribution in [0.5, 0.6) is 0 Å². The molecule has 0 aliphatic carbocycles. The van der Waals surface area contributed by atoms with Crippen molar-refractivity contribution in [3.05, 3.63) is 47.5 Å². The van der Waals surface area contributed by atoms with Crippen LogP contribution in [0.1, 0.15) is 5.56 Å². The van der Waals surface area contributed by atoms with Gasteiger partial charge in [0.15, 0.2) is 0 Å². The van der Waals surface area contributed by atoms with Gasteiger partial charge in [-0.15, -0.1) is 0 Å². The van der Waals surface area contributed by atoms with Crippen molar-refractivity contribution in [2.75, 3.05) is 7.11 Å². The summed E-state index contributed by atoms with van der Waals surface area (Å²) < 4.78 is 31.4. The first-order chi connectivity index (χ1) is 8.11. The van der Waals surface area contributed by atoms with Crippen LogP contribution < -0.4 is 0 Å². The molecule has 0 saturated carbocycles.